The minimum absolute atomic E-state index is 0.0947. The zero-order valence-electron chi connectivity index (χ0n) is 14.4. The molecule has 0 spiro atoms. The van der Waals surface area contributed by atoms with E-state index in [0.29, 0.717) is 32.4 Å². The molecule has 1 heterocycles. The Labute approximate surface area is 153 Å². The van der Waals surface area contributed by atoms with Crippen molar-refractivity contribution in [1.29, 1.82) is 0 Å². The van der Waals surface area contributed by atoms with Gasteiger partial charge >= 0.3 is 18.2 Å². The van der Waals surface area contributed by atoms with E-state index in [2.05, 4.69) is 16.0 Å². The maximum atomic E-state index is 13.0. The van der Waals surface area contributed by atoms with Crippen LogP contribution < -0.4 is 16.0 Å². The lowest BCUT2D eigenvalue weighted by molar-refractivity contribution is -0.138. The van der Waals surface area contributed by atoms with Crippen molar-refractivity contribution in [2.75, 3.05) is 39.4 Å². The van der Waals surface area contributed by atoms with Crippen LogP contribution in [-0.2, 0) is 17.5 Å². The highest BCUT2D eigenvalue weighted by atomic mass is 19.4. The topological polar surface area (TPSA) is 82.7 Å². The summed E-state index contributed by atoms with van der Waals surface area (Å²) in [5.41, 5.74) is -1.39. The van der Waals surface area contributed by atoms with Gasteiger partial charge in [0.05, 0.1) is 18.8 Å². The standard InChI is InChI=1S/C16H20F4N4O3/c17-12-2-1-11(13(9-12)16(18,19)20)10-23-14(25)21-3-4-22-15(26)24-5-7-27-8-6-24/h1-2,9H,3-8,10H2,(H,22,26)(H2,21,23,25). The lowest BCUT2D eigenvalue weighted by atomic mass is 10.1. The Morgan fingerprint density at radius 2 is 1.74 bits per heavy atom. The third kappa shape index (κ3) is 6.59. The van der Waals surface area contributed by atoms with Crippen molar-refractivity contribution in [2.24, 2.45) is 0 Å². The van der Waals surface area contributed by atoms with Gasteiger partial charge in [-0.05, 0) is 17.7 Å². The summed E-state index contributed by atoms with van der Waals surface area (Å²) in [4.78, 5) is 25.1. The summed E-state index contributed by atoms with van der Waals surface area (Å²) in [5.74, 6) is -1.01. The molecule has 1 aromatic carbocycles. The van der Waals surface area contributed by atoms with Crippen molar-refractivity contribution in [1.82, 2.24) is 20.9 Å². The average molecular weight is 392 g/mol. The highest BCUT2D eigenvalue weighted by Gasteiger charge is 2.33. The Hall–Kier alpha value is -2.56. The van der Waals surface area contributed by atoms with Crippen LogP contribution in [0.15, 0.2) is 18.2 Å². The molecular formula is C16H20F4N4O3. The molecule has 11 heteroatoms. The number of hydrogen-bond acceptors (Lipinski definition) is 3. The number of amides is 4. The van der Waals surface area contributed by atoms with Gasteiger partial charge in [-0.2, -0.15) is 13.2 Å². The minimum atomic E-state index is -4.72. The van der Waals surface area contributed by atoms with Crippen LogP contribution in [0.5, 0.6) is 0 Å². The Kier molecular flexibility index (Phi) is 7.22. The molecule has 150 valence electrons. The smallest absolute Gasteiger partial charge is 0.378 e. The van der Waals surface area contributed by atoms with Gasteiger partial charge in [-0.3, -0.25) is 0 Å². The van der Waals surface area contributed by atoms with Gasteiger partial charge in [0.1, 0.15) is 5.82 Å². The molecule has 0 aliphatic carbocycles. The molecule has 1 aliphatic rings. The predicted molar refractivity (Wildman–Crippen MR) is 87.4 cm³/mol. The fourth-order valence-corrected chi connectivity index (χ4v) is 2.43. The quantitative estimate of drug-likeness (QED) is 0.527. The van der Waals surface area contributed by atoms with Gasteiger partial charge in [-0.15, -0.1) is 0 Å². The van der Waals surface area contributed by atoms with Crippen LogP contribution >= 0.6 is 0 Å². The van der Waals surface area contributed by atoms with Crippen molar-refractivity contribution in [2.45, 2.75) is 12.7 Å². The number of rotatable bonds is 5. The molecule has 27 heavy (non-hydrogen) atoms. The van der Waals surface area contributed by atoms with Crippen LogP contribution in [0.2, 0.25) is 0 Å². The molecule has 1 aliphatic heterocycles. The van der Waals surface area contributed by atoms with Crippen molar-refractivity contribution >= 4 is 12.1 Å². The molecule has 0 radical (unpaired) electrons. The molecule has 2 rings (SSSR count). The number of benzene rings is 1. The van der Waals surface area contributed by atoms with E-state index in [1.165, 1.54) is 0 Å². The summed E-state index contributed by atoms with van der Waals surface area (Å²) < 4.78 is 56.8. The highest BCUT2D eigenvalue weighted by molar-refractivity contribution is 5.75. The lowest BCUT2D eigenvalue weighted by Gasteiger charge is -2.26. The van der Waals surface area contributed by atoms with Crippen LogP contribution in [0.25, 0.3) is 0 Å². The summed E-state index contributed by atoms with van der Waals surface area (Å²) in [5, 5.41) is 7.30. The Morgan fingerprint density at radius 1 is 1.07 bits per heavy atom. The van der Waals surface area contributed by atoms with Crippen molar-refractivity contribution in [3.63, 3.8) is 0 Å². The van der Waals surface area contributed by atoms with Crippen LogP contribution in [0.1, 0.15) is 11.1 Å². The molecule has 4 amide bonds. The van der Waals surface area contributed by atoms with Crippen LogP contribution in [0.4, 0.5) is 27.2 Å². The Bertz CT molecular complexity index is 664. The van der Waals surface area contributed by atoms with E-state index in [1.807, 2.05) is 0 Å². The number of nitrogens with zero attached hydrogens (tertiary/aromatic N) is 1. The molecule has 1 aromatic rings. The number of nitrogens with one attached hydrogen (secondary N) is 3. The summed E-state index contributed by atoms with van der Waals surface area (Å²) in [6.45, 7) is 1.75. The first-order valence-corrected chi connectivity index (χ1v) is 8.25. The lowest BCUT2D eigenvalue weighted by Crippen LogP contribution is -2.48. The van der Waals surface area contributed by atoms with Crippen molar-refractivity contribution in [3.05, 3.63) is 35.1 Å². The third-order valence-corrected chi connectivity index (χ3v) is 3.80. The first-order valence-electron chi connectivity index (χ1n) is 8.25. The zero-order valence-corrected chi connectivity index (χ0v) is 14.4. The molecule has 0 unspecified atom stereocenters. The first kappa shape index (κ1) is 20.7. The number of ether oxygens (including phenoxy) is 1. The number of carbonyl (C=O) groups is 2. The predicted octanol–water partition coefficient (Wildman–Crippen LogP) is 1.69. The van der Waals surface area contributed by atoms with Gasteiger partial charge in [0.25, 0.3) is 0 Å². The molecule has 1 fully saturated rings. The second-order valence-corrected chi connectivity index (χ2v) is 5.74. The van der Waals surface area contributed by atoms with E-state index < -0.39 is 30.1 Å². The van der Waals surface area contributed by atoms with Gasteiger partial charge in [0, 0.05) is 32.7 Å². The first-order chi connectivity index (χ1) is 12.8. The van der Waals surface area contributed by atoms with E-state index >= 15 is 0 Å². The van der Waals surface area contributed by atoms with Gasteiger partial charge in [0.15, 0.2) is 0 Å². The number of halogens is 4. The fourth-order valence-electron chi connectivity index (χ4n) is 2.43. The number of urea groups is 2. The second kappa shape index (κ2) is 9.40. The molecule has 3 N–H and O–H groups in total. The van der Waals surface area contributed by atoms with E-state index in [4.69, 9.17) is 4.74 Å². The third-order valence-electron chi connectivity index (χ3n) is 3.80. The number of carbonyl (C=O) groups excluding carboxylic acids is 2. The van der Waals surface area contributed by atoms with Crippen LogP contribution in [-0.4, -0.2) is 56.4 Å². The van der Waals surface area contributed by atoms with Gasteiger partial charge in [-0.1, -0.05) is 6.07 Å². The number of alkyl halides is 3. The minimum Gasteiger partial charge on any atom is -0.378 e. The summed E-state index contributed by atoms with van der Waals surface area (Å²) in [6.07, 6.45) is -4.72. The van der Waals surface area contributed by atoms with E-state index in [0.717, 1.165) is 12.1 Å². The van der Waals surface area contributed by atoms with Crippen molar-refractivity contribution in [3.8, 4) is 0 Å². The fraction of sp³-hybridized carbons (Fsp3) is 0.500. The largest absolute Gasteiger partial charge is 0.416 e. The maximum Gasteiger partial charge on any atom is 0.416 e. The molecule has 7 nitrogen and oxygen atoms in total. The summed E-state index contributed by atoms with van der Waals surface area (Å²) in [6, 6.07) is 1.28. The van der Waals surface area contributed by atoms with E-state index in [-0.39, 0.29) is 24.7 Å². The average Bonchev–Trinajstić information content (AvgIpc) is 2.64. The highest BCUT2D eigenvalue weighted by Crippen LogP contribution is 2.32. The van der Waals surface area contributed by atoms with Crippen LogP contribution in [0, 0.1) is 5.82 Å². The summed E-state index contributed by atoms with van der Waals surface area (Å²) in [7, 11) is 0. The van der Waals surface area contributed by atoms with E-state index in [1.54, 1.807) is 4.90 Å². The zero-order chi connectivity index (χ0) is 19.9. The summed E-state index contributed by atoms with van der Waals surface area (Å²) >= 11 is 0. The van der Waals surface area contributed by atoms with Gasteiger partial charge in [-0.25, -0.2) is 14.0 Å². The monoisotopic (exact) mass is 392 g/mol. The Balaban J connectivity index is 1.71. The normalized spacial score (nSPS) is 14.6. The van der Waals surface area contributed by atoms with E-state index in [9.17, 15) is 27.2 Å². The maximum absolute atomic E-state index is 13.0. The Morgan fingerprint density at radius 3 is 2.41 bits per heavy atom. The number of hydrogen-bond donors (Lipinski definition) is 3. The van der Waals surface area contributed by atoms with Gasteiger partial charge in [0.2, 0.25) is 0 Å². The second-order valence-electron chi connectivity index (χ2n) is 5.74. The number of morpholine rings is 1. The molecule has 0 bridgehead atoms. The molecule has 0 aromatic heterocycles. The molecular weight excluding hydrogens is 372 g/mol. The molecule has 0 saturated carbocycles. The molecule has 1 saturated heterocycles. The SMILES string of the molecule is O=C(NCCNC(=O)N1CCOCC1)NCc1ccc(F)cc1C(F)(F)F. The van der Waals surface area contributed by atoms with Crippen molar-refractivity contribution < 1.29 is 31.9 Å². The molecule has 0 atom stereocenters. The van der Waals surface area contributed by atoms with Crippen LogP contribution in [0.3, 0.4) is 0 Å². The van der Waals surface area contributed by atoms with Gasteiger partial charge < -0.3 is 25.6 Å².